The first-order valence-electron chi connectivity index (χ1n) is 3.23. The van der Waals surface area contributed by atoms with Gasteiger partial charge in [0.2, 0.25) is 0 Å². The maximum atomic E-state index is 10.5. The molecule has 13 heavy (non-hydrogen) atoms. The van der Waals surface area contributed by atoms with Crippen molar-refractivity contribution in [1.29, 1.82) is 0 Å². The van der Waals surface area contributed by atoms with E-state index in [4.69, 9.17) is 0 Å². The van der Waals surface area contributed by atoms with Crippen molar-refractivity contribution in [1.82, 2.24) is 16.2 Å². The molecule has 0 aromatic heterocycles. The maximum Gasteiger partial charge on any atom is 0.425 e. The molecule has 0 aliphatic heterocycles. The van der Waals surface area contributed by atoms with Gasteiger partial charge in [0.05, 0.1) is 12.0 Å². The first-order valence-corrected chi connectivity index (χ1v) is 3.23. The Morgan fingerprint density at radius 3 is 2.54 bits per heavy atom. The molecule has 8 heteroatoms. The number of hydrogen-bond donors (Lipinski definition) is 3. The molecule has 0 rings (SSSR count). The summed E-state index contributed by atoms with van der Waals surface area (Å²) >= 11 is 0. The number of rotatable bonds is 4. The average molecular weight is 190 g/mol. The summed E-state index contributed by atoms with van der Waals surface area (Å²) in [6.07, 6.45) is -0.0832. The summed E-state index contributed by atoms with van der Waals surface area (Å²) in [6.45, 7) is 0. The number of methoxy groups -OCH3 is 1. The zero-order chi connectivity index (χ0) is 10.3. The molecule has 0 heterocycles. The number of carbonyl (C=O) groups excluding carboxylic acids is 1. The molecule has 0 spiro atoms. The van der Waals surface area contributed by atoms with Crippen molar-refractivity contribution in [3.8, 4) is 0 Å². The molecule has 0 saturated carbocycles. The van der Waals surface area contributed by atoms with Crippen LogP contribution >= 0.6 is 0 Å². The Morgan fingerprint density at radius 1 is 1.54 bits per heavy atom. The van der Waals surface area contributed by atoms with Crippen molar-refractivity contribution in [3.05, 3.63) is 22.1 Å². The third-order valence-electron chi connectivity index (χ3n) is 0.988. The minimum Gasteiger partial charge on any atom is -0.452 e. The first kappa shape index (κ1) is 11.0. The second-order valence-corrected chi connectivity index (χ2v) is 1.82. The number of nitrogens with one attached hydrogen (secondary N) is 3. The number of amides is 1. The van der Waals surface area contributed by atoms with Crippen LogP contribution in [0.1, 0.15) is 0 Å². The molecule has 0 aromatic carbocycles. The normalized spacial score (nSPS) is 10.2. The van der Waals surface area contributed by atoms with Gasteiger partial charge in [0, 0.05) is 7.05 Å². The average Bonchev–Trinajstić information content (AvgIpc) is 2.10. The van der Waals surface area contributed by atoms with E-state index in [9.17, 15) is 14.9 Å². The molecule has 0 atom stereocenters. The summed E-state index contributed by atoms with van der Waals surface area (Å²) in [4.78, 5) is 19.8. The largest absolute Gasteiger partial charge is 0.452 e. The van der Waals surface area contributed by atoms with Gasteiger partial charge in [-0.05, 0) is 0 Å². The minimum atomic E-state index is -0.746. The lowest BCUT2D eigenvalue weighted by Gasteiger charge is -2.07. The fourth-order valence-corrected chi connectivity index (χ4v) is 0.434. The van der Waals surface area contributed by atoms with E-state index in [2.05, 4.69) is 15.5 Å². The third kappa shape index (κ3) is 5.30. The monoisotopic (exact) mass is 190 g/mol. The van der Waals surface area contributed by atoms with E-state index in [0.29, 0.717) is 6.20 Å². The molecular formula is C5H10N4O4. The topological polar surface area (TPSA) is 106 Å². The van der Waals surface area contributed by atoms with E-state index >= 15 is 0 Å². The zero-order valence-corrected chi connectivity index (χ0v) is 7.16. The molecule has 3 N–H and O–H groups in total. The van der Waals surface area contributed by atoms with E-state index in [0.717, 1.165) is 0 Å². The highest BCUT2D eigenvalue weighted by molar-refractivity contribution is 5.66. The predicted octanol–water partition coefficient (Wildman–Crippen LogP) is -0.858. The number of nitrogens with zero attached hydrogens (tertiary/aromatic N) is 1. The molecule has 0 aliphatic carbocycles. The highest BCUT2D eigenvalue weighted by Crippen LogP contribution is 1.80. The van der Waals surface area contributed by atoms with Crippen LogP contribution in [0.4, 0.5) is 4.79 Å². The summed E-state index contributed by atoms with van der Waals surface area (Å²) in [5.74, 6) is 0.0374. The maximum absolute atomic E-state index is 10.5. The van der Waals surface area contributed by atoms with Crippen LogP contribution in [0.3, 0.4) is 0 Å². The van der Waals surface area contributed by atoms with Crippen molar-refractivity contribution in [2.45, 2.75) is 0 Å². The molecule has 0 aromatic rings. The van der Waals surface area contributed by atoms with Gasteiger partial charge in [0.25, 0.3) is 6.20 Å². The number of nitro groups is 1. The third-order valence-corrected chi connectivity index (χ3v) is 0.988. The lowest BCUT2D eigenvalue weighted by molar-refractivity contribution is -0.404. The molecule has 0 bridgehead atoms. The van der Waals surface area contributed by atoms with Crippen molar-refractivity contribution >= 4 is 6.09 Å². The lowest BCUT2D eigenvalue weighted by atomic mass is 10.7. The molecule has 1 amide bonds. The van der Waals surface area contributed by atoms with Crippen LogP contribution in [0.5, 0.6) is 0 Å². The number of carbonyl (C=O) groups is 1. The molecule has 0 unspecified atom stereocenters. The Bertz CT molecular complexity index is 227. The SMILES string of the molecule is CNC(=C[N+](=O)[O-])NNC(=O)OC. The van der Waals surface area contributed by atoms with Crippen LogP contribution in [0, 0.1) is 10.1 Å². The van der Waals surface area contributed by atoms with Gasteiger partial charge in [-0.25, -0.2) is 10.2 Å². The summed E-state index contributed by atoms with van der Waals surface area (Å²) in [7, 11) is 2.63. The molecule has 0 aliphatic rings. The Labute approximate surface area is 74.1 Å². The lowest BCUT2D eigenvalue weighted by Crippen LogP contribution is -2.40. The molecule has 74 valence electrons. The van der Waals surface area contributed by atoms with Gasteiger partial charge in [-0.3, -0.25) is 15.5 Å². The Morgan fingerprint density at radius 2 is 2.15 bits per heavy atom. The van der Waals surface area contributed by atoms with Gasteiger partial charge in [-0.1, -0.05) is 0 Å². The van der Waals surface area contributed by atoms with E-state index in [-0.39, 0.29) is 5.82 Å². The van der Waals surface area contributed by atoms with Crippen molar-refractivity contribution in [3.63, 3.8) is 0 Å². The second-order valence-electron chi connectivity index (χ2n) is 1.82. The summed E-state index contributed by atoms with van der Waals surface area (Å²) in [6, 6.07) is 0. The quantitative estimate of drug-likeness (QED) is 0.393. The number of hydrazine groups is 1. The smallest absolute Gasteiger partial charge is 0.425 e. The highest BCUT2D eigenvalue weighted by atomic mass is 16.6. The van der Waals surface area contributed by atoms with Crippen LogP contribution in [0.25, 0.3) is 0 Å². The van der Waals surface area contributed by atoms with Gasteiger partial charge < -0.3 is 10.1 Å². The first-order chi connectivity index (χ1) is 6.10. The van der Waals surface area contributed by atoms with Gasteiger partial charge in [0.15, 0.2) is 5.82 Å². The number of ether oxygens (including phenoxy) is 1. The fraction of sp³-hybridized carbons (Fsp3) is 0.400. The Kier molecular flexibility index (Phi) is 4.77. The van der Waals surface area contributed by atoms with Gasteiger partial charge >= 0.3 is 6.09 Å². The van der Waals surface area contributed by atoms with E-state index in [1.54, 1.807) is 0 Å². The molecule has 0 fully saturated rings. The van der Waals surface area contributed by atoms with Crippen LogP contribution in [0.2, 0.25) is 0 Å². The van der Waals surface area contributed by atoms with Gasteiger partial charge in [-0.2, -0.15) is 0 Å². The van der Waals surface area contributed by atoms with Crippen LogP contribution in [-0.4, -0.2) is 25.2 Å². The predicted molar refractivity (Wildman–Crippen MR) is 42.8 cm³/mol. The van der Waals surface area contributed by atoms with Crippen molar-refractivity contribution in [2.75, 3.05) is 14.2 Å². The van der Waals surface area contributed by atoms with Crippen molar-refractivity contribution in [2.24, 2.45) is 0 Å². The van der Waals surface area contributed by atoms with Gasteiger partial charge in [-0.15, -0.1) is 0 Å². The van der Waals surface area contributed by atoms with E-state index in [1.165, 1.54) is 14.2 Å². The summed E-state index contributed by atoms with van der Waals surface area (Å²) < 4.78 is 4.21. The van der Waals surface area contributed by atoms with Crippen LogP contribution in [-0.2, 0) is 4.74 Å². The highest BCUT2D eigenvalue weighted by Gasteiger charge is 2.01. The summed E-state index contributed by atoms with van der Waals surface area (Å²) in [5, 5.41) is 12.4. The van der Waals surface area contributed by atoms with Gasteiger partial charge in [0.1, 0.15) is 0 Å². The van der Waals surface area contributed by atoms with Crippen molar-refractivity contribution < 1.29 is 14.5 Å². The molecular weight excluding hydrogens is 180 g/mol. The molecule has 8 nitrogen and oxygen atoms in total. The van der Waals surface area contributed by atoms with Crippen LogP contribution < -0.4 is 16.2 Å². The number of hydrogen-bond acceptors (Lipinski definition) is 6. The van der Waals surface area contributed by atoms with Crippen LogP contribution in [0.15, 0.2) is 12.0 Å². The Balaban J connectivity index is 3.99. The second kappa shape index (κ2) is 5.63. The molecule has 0 saturated heterocycles. The van der Waals surface area contributed by atoms with E-state index < -0.39 is 11.0 Å². The molecule has 0 radical (unpaired) electrons. The minimum absolute atomic E-state index is 0.0374. The zero-order valence-electron chi connectivity index (χ0n) is 7.16. The summed E-state index contributed by atoms with van der Waals surface area (Å²) in [5.41, 5.74) is 4.28. The van der Waals surface area contributed by atoms with E-state index in [1.807, 2.05) is 5.43 Å². The fourth-order valence-electron chi connectivity index (χ4n) is 0.434. The standard InChI is InChI=1S/C5H10N4O4/c1-6-4(3-9(11)12)7-8-5(10)13-2/h3,6-7H,1-2H3,(H,8,10). The Hall–Kier alpha value is -1.99.